The van der Waals surface area contributed by atoms with Gasteiger partial charge in [-0.05, 0) is 40.8 Å². The summed E-state index contributed by atoms with van der Waals surface area (Å²) in [5.41, 5.74) is 5.73. The molecule has 2 aliphatic rings. The quantitative estimate of drug-likeness (QED) is 0.596. The molecule has 2 atom stereocenters. The molecule has 2 heterocycles. The molecule has 0 aliphatic carbocycles. The minimum absolute atomic E-state index is 0.285. The van der Waals surface area contributed by atoms with Crippen molar-refractivity contribution in [3.05, 3.63) is 112 Å². The van der Waals surface area contributed by atoms with Gasteiger partial charge < -0.3 is 9.58 Å². The first-order chi connectivity index (χ1) is 13.8. The minimum atomic E-state index is -0.475. The fraction of sp³-hybridized carbons (Fsp3) is 0.240. The lowest BCUT2D eigenvalue weighted by atomic mass is 9.66. The van der Waals surface area contributed by atoms with Crippen LogP contribution in [0.2, 0.25) is 0 Å². The molecule has 0 bridgehead atoms. The maximum absolute atomic E-state index is 8.22. The maximum Gasteiger partial charge on any atom is 0.275 e. The van der Waals surface area contributed by atoms with Crippen LogP contribution in [0.4, 0.5) is 0 Å². The highest BCUT2D eigenvalue weighted by Gasteiger charge is 2.57. The molecule has 3 nitrogen and oxygen atoms in total. The summed E-state index contributed by atoms with van der Waals surface area (Å²) >= 11 is 0. The third-order valence-electron chi connectivity index (χ3n) is 6.34. The summed E-state index contributed by atoms with van der Waals surface area (Å²) in [6, 6.07) is 25.1. The minimum Gasteiger partial charge on any atom is -0.497 e. The third-order valence-corrected chi connectivity index (χ3v) is 6.34. The van der Waals surface area contributed by atoms with E-state index in [0.29, 0.717) is 0 Å². The Morgan fingerprint density at radius 3 is 2.43 bits per heavy atom. The van der Waals surface area contributed by atoms with E-state index in [4.69, 9.17) is 11.3 Å². The molecule has 3 aromatic carbocycles. The zero-order valence-corrected chi connectivity index (χ0v) is 15.9. The first-order valence-electron chi connectivity index (χ1n) is 9.71. The Morgan fingerprint density at radius 2 is 1.68 bits per heavy atom. The monoisotopic (exact) mass is 366 g/mol. The lowest BCUT2D eigenvalue weighted by Crippen LogP contribution is -2.56. The van der Waals surface area contributed by atoms with Gasteiger partial charge in [-0.25, -0.2) is 6.57 Å². The summed E-state index contributed by atoms with van der Waals surface area (Å²) in [6.45, 7) is 10.0. The van der Waals surface area contributed by atoms with Gasteiger partial charge in [-0.15, -0.1) is 0 Å². The van der Waals surface area contributed by atoms with Crippen molar-refractivity contribution in [1.82, 2.24) is 4.90 Å². The molecule has 0 spiro atoms. The number of hydrogen-bond donors (Lipinski definition) is 0. The van der Waals surface area contributed by atoms with E-state index in [2.05, 4.69) is 70.4 Å². The number of methoxy groups -OCH3 is 1. The van der Waals surface area contributed by atoms with Crippen LogP contribution in [0.3, 0.4) is 0 Å². The third kappa shape index (κ3) is 2.25. The van der Waals surface area contributed by atoms with Crippen molar-refractivity contribution < 1.29 is 4.74 Å². The van der Waals surface area contributed by atoms with E-state index in [0.717, 1.165) is 36.4 Å². The highest BCUT2D eigenvalue weighted by molar-refractivity contribution is 5.54. The van der Waals surface area contributed by atoms with Crippen molar-refractivity contribution >= 4 is 0 Å². The van der Waals surface area contributed by atoms with Crippen LogP contribution in [0.15, 0.2) is 72.8 Å². The van der Waals surface area contributed by atoms with Crippen molar-refractivity contribution in [1.29, 1.82) is 0 Å². The Labute approximate surface area is 166 Å². The molecule has 0 N–H and O–H groups in total. The first kappa shape index (κ1) is 17.0. The molecule has 0 saturated carbocycles. The van der Waals surface area contributed by atoms with Gasteiger partial charge in [0.1, 0.15) is 5.75 Å². The number of rotatable bonds is 2. The lowest BCUT2D eigenvalue weighted by Gasteiger charge is -2.51. The molecule has 3 heteroatoms. The summed E-state index contributed by atoms with van der Waals surface area (Å²) in [5, 5.41) is 0. The standard InChI is InChI=1S/C25H22N2O/c1-26-24-22-9-5-3-8-19(22)17-27-16-15-18-7-4-6-10-23(18)25(24,27)20-11-13-21(28-2)14-12-20/h3-14,24H,15-17H2,2H3/t24-,25-/m0/s1. The van der Waals surface area contributed by atoms with Crippen LogP contribution in [0, 0.1) is 6.57 Å². The van der Waals surface area contributed by atoms with Crippen LogP contribution in [0.5, 0.6) is 5.75 Å². The molecule has 0 radical (unpaired) electrons. The van der Waals surface area contributed by atoms with Crippen molar-refractivity contribution in [2.45, 2.75) is 24.5 Å². The van der Waals surface area contributed by atoms with Crippen molar-refractivity contribution in [3.63, 3.8) is 0 Å². The van der Waals surface area contributed by atoms with Crippen LogP contribution in [0.25, 0.3) is 4.85 Å². The predicted molar refractivity (Wildman–Crippen MR) is 110 cm³/mol. The van der Waals surface area contributed by atoms with Crippen LogP contribution in [-0.4, -0.2) is 18.6 Å². The Bertz CT molecular complexity index is 1070. The second-order valence-electron chi connectivity index (χ2n) is 7.55. The highest BCUT2D eigenvalue weighted by atomic mass is 16.5. The molecule has 5 rings (SSSR count). The van der Waals surface area contributed by atoms with Crippen molar-refractivity contribution in [2.24, 2.45) is 0 Å². The number of fused-ring (bicyclic) bond motifs is 4. The first-order valence-corrected chi connectivity index (χ1v) is 9.71. The van der Waals surface area contributed by atoms with Gasteiger partial charge in [0.05, 0.1) is 7.11 Å². The Hall–Kier alpha value is -3.09. The average Bonchev–Trinajstić information content (AvgIpc) is 2.77. The van der Waals surface area contributed by atoms with Gasteiger partial charge in [-0.1, -0.05) is 60.7 Å². The fourth-order valence-corrected chi connectivity index (χ4v) is 5.12. The SMILES string of the molecule is [C-]#[N+][C@H]1c2ccccc2CN2CCc3ccccc3[C@@]12c1ccc(OC)cc1. The lowest BCUT2D eigenvalue weighted by molar-refractivity contribution is 0.0723. The van der Waals surface area contributed by atoms with Gasteiger partial charge in [0.25, 0.3) is 6.04 Å². The Kier molecular flexibility index (Phi) is 3.96. The summed E-state index contributed by atoms with van der Waals surface area (Å²) in [5.74, 6) is 0.839. The van der Waals surface area contributed by atoms with Crippen LogP contribution >= 0.6 is 0 Å². The second kappa shape index (κ2) is 6.51. The van der Waals surface area contributed by atoms with E-state index in [-0.39, 0.29) is 6.04 Å². The zero-order chi connectivity index (χ0) is 19.1. The normalized spacial score (nSPS) is 23.1. The van der Waals surface area contributed by atoms with Crippen molar-refractivity contribution in [3.8, 4) is 5.75 Å². The van der Waals surface area contributed by atoms with Crippen LogP contribution in [0.1, 0.15) is 33.9 Å². The molecule has 0 aromatic heterocycles. The summed E-state index contributed by atoms with van der Waals surface area (Å²) in [6.07, 6.45) is 1.01. The molecule has 138 valence electrons. The molecule has 2 aliphatic heterocycles. The summed E-state index contributed by atoms with van der Waals surface area (Å²) in [4.78, 5) is 6.76. The molecular weight excluding hydrogens is 344 g/mol. The molecule has 0 fully saturated rings. The number of ether oxygens (including phenoxy) is 1. The predicted octanol–water partition coefficient (Wildman–Crippen LogP) is 4.97. The van der Waals surface area contributed by atoms with E-state index in [1.54, 1.807) is 7.11 Å². The largest absolute Gasteiger partial charge is 0.497 e. The molecule has 28 heavy (non-hydrogen) atoms. The van der Waals surface area contributed by atoms with Crippen LogP contribution in [-0.2, 0) is 18.5 Å². The van der Waals surface area contributed by atoms with Crippen LogP contribution < -0.4 is 4.74 Å². The Balaban J connectivity index is 1.84. The van der Waals surface area contributed by atoms with E-state index in [1.807, 2.05) is 12.1 Å². The second-order valence-corrected chi connectivity index (χ2v) is 7.55. The molecule has 3 aromatic rings. The number of benzene rings is 3. The van der Waals surface area contributed by atoms with E-state index in [9.17, 15) is 0 Å². The maximum atomic E-state index is 8.22. The molecule has 0 unspecified atom stereocenters. The molecular formula is C25H22N2O. The van der Waals surface area contributed by atoms with Gasteiger partial charge in [0, 0.05) is 18.7 Å². The Morgan fingerprint density at radius 1 is 0.964 bits per heavy atom. The molecule has 0 saturated heterocycles. The van der Waals surface area contributed by atoms with E-state index >= 15 is 0 Å². The molecule has 0 amide bonds. The highest BCUT2D eigenvalue weighted by Crippen LogP contribution is 2.55. The number of hydrogen-bond acceptors (Lipinski definition) is 2. The number of nitrogens with zero attached hydrogens (tertiary/aromatic N) is 2. The van der Waals surface area contributed by atoms with Crippen molar-refractivity contribution in [2.75, 3.05) is 13.7 Å². The zero-order valence-electron chi connectivity index (χ0n) is 15.9. The van der Waals surface area contributed by atoms with E-state index < -0.39 is 5.54 Å². The fourth-order valence-electron chi connectivity index (χ4n) is 5.12. The summed E-state index contributed by atoms with van der Waals surface area (Å²) in [7, 11) is 1.69. The van der Waals surface area contributed by atoms with Gasteiger partial charge in [-0.3, -0.25) is 4.90 Å². The summed E-state index contributed by atoms with van der Waals surface area (Å²) < 4.78 is 5.40. The smallest absolute Gasteiger partial charge is 0.275 e. The van der Waals surface area contributed by atoms with Gasteiger partial charge in [0.2, 0.25) is 0 Å². The topological polar surface area (TPSA) is 16.8 Å². The van der Waals surface area contributed by atoms with Gasteiger partial charge in [-0.2, -0.15) is 0 Å². The van der Waals surface area contributed by atoms with Gasteiger partial charge >= 0.3 is 0 Å². The van der Waals surface area contributed by atoms with Gasteiger partial charge in [0.15, 0.2) is 5.54 Å². The average molecular weight is 366 g/mol. The van der Waals surface area contributed by atoms with E-state index in [1.165, 1.54) is 16.7 Å².